The van der Waals surface area contributed by atoms with E-state index in [2.05, 4.69) is 38.8 Å². The third-order valence-corrected chi connectivity index (χ3v) is 5.71. The summed E-state index contributed by atoms with van der Waals surface area (Å²) in [5.41, 5.74) is 1.81. The molecule has 0 saturated heterocycles. The van der Waals surface area contributed by atoms with Crippen LogP contribution in [0, 0.1) is 0 Å². The molecular formula is C27H28BrN3O4S. The lowest BCUT2D eigenvalue weighted by molar-refractivity contribution is 0.0972. The molecule has 3 aromatic rings. The van der Waals surface area contributed by atoms with Crippen molar-refractivity contribution in [2.24, 2.45) is 0 Å². The molecule has 0 spiro atoms. The molecule has 188 valence electrons. The van der Waals surface area contributed by atoms with Gasteiger partial charge >= 0.3 is 0 Å². The molecule has 3 N–H and O–H groups in total. The van der Waals surface area contributed by atoms with Gasteiger partial charge in [0.2, 0.25) is 0 Å². The highest BCUT2D eigenvalue weighted by atomic mass is 79.9. The van der Waals surface area contributed by atoms with Gasteiger partial charge in [0, 0.05) is 10.2 Å². The number of carbonyl (C=O) groups excluding carboxylic acids is 2. The van der Waals surface area contributed by atoms with Crippen molar-refractivity contribution >= 4 is 56.4 Å². The molecule has 7 nitrogen and oxygen atoms in total. The number of benzene rings is 3. The van der Waals surface area contributed by atoms with Crippen LogP contribution in [0.5, 0.6) is 11.5 Å². The number of rotatable bonds is 10. The fourth-order valence-electron chi connectivity index (χ4n) is 3.25. The summed E-state index contributed by atoms with van der Waals surface area (Å²) in [6.45, 7) is 5.05. The molecule has 0 radical (unpaired) electrons. The van der Waals surface area contributed by atoms with Crippen molar-refractivity contribution in [1.82, 2.24) is 5.32 Å². The van der Waals surface area contributed by atoms with Crippen LogP contribution in [0.3, 0.4) is 0 Å². The minimum Gasteiger partial charge on any atom is -0.494 e. The summed E-state index contributed by atoms with van der Waals surface area (Å²) in [6.07, 6.45) is 1.87. The van der Waals surface area contributed by atoms with Crippen molar-refractivity contribution in [1.29, 1.82) is 0 Å². The lowest BCUT2D eigenvalue weighted by Gasteiger charge is -2.15. The van der Waals surface area contributed by atoms with E-state index in [0.717, 1.165) is 23.1 Å². The van der Waals surface area contributed by atoms with Crippen LogP contribution in [0.1, 0.15) is 47.4 Å². The topological polar surface area (TPSA) is 88.7 Å². The molecule has 0 bridgehead atoms. The molecule has 0 saturated carbocycles. The first-order chi connectivity index (χ1) is 17.4. The zero-order chi connectivity index (χ0) is 25.9. The zero-order valence-electron chi connectivity index (χ0n) is 20.1. The van der Waals surface area contributed by atoms with E-state index in [1.807, 2.05) is 13.0 Å². The number of amides is 2. The number of nitrogens with one attached hydrogen (secondary N) is 3. The SMILES string of the molecule is CCCCOc1ccc(Br)cc1C(=O)NC(=S)Nc1ccccc1C(=O)Nc1ccc(OCC)cc1. The molecule has 2 amide bonds. The molecule has 36 heavy (non-hydrogen) atoms. The summed E-state index contributed by atoms with van der Waals surface area (Å²) in [5, 5.41) is 8.54. The van der Waals surface area contributed by atoms with Gasteiger partial charge in [-0.15, -0.1) is 0 Å². The standard InChI is InChI=1S/C27H28BrN3O4S/c1-3-5-16-35-24-15-10-18(28)17-22(24)26(33)31-27(36)30-23-9-7-6-8-21(23)25(32)29-19-11-13-20(14-12-19)34-4-2/h6-15,17H,3-5,16H2,1-2H3,(H,29,32)(H2,30,31,33,36). The highest BCUT2D eigenvalue weighted by Crippen LogP contribution is 2.24. The second kappa shape index (κ2) is 13.6. The normalized spacial score (nSPS) is 10.3. The first-order valence-corrected chi connectivity index (χ1v) is 12.8. The number of thiocarbonyl (C=S) groups is 1. The van der Waals surface area contributed by atoms with Crippen molar-refractivity contribution in [3.05, 3.63) is 82.3 Å². The van der Waals surface area contributed by atoms with Crippen LogP contribution < -0.4 is 25.4 Å². The monoisotopic (exact) mass is 569 g/mol. The largest absolute Gasteiger partial charge is 0.494 e. The van der Waals surface area contributed by atoms with Crippen molar-refractivity contribution in [3.63, 3.8) is 0 Å². The lowest BCUT2D eigenvalue weighted by atomic mass is 10.1. The van der Waals surface area contributed by atoms with E-state index in [1.165, 1.54) is 0 Å². The van der Waals surface area contributed by atoms with Crippen LogP contribution in [0.2, 0.25) is 0 Å². The lowest BCUT2D eigenvalue weighted by Crippen LogP contribution is -2.35. The summed E-state index contributed by atoms with van der Waals surface area (Å²) < 4.78 is 11.9. The maximum atomic E-state index is 13.0. The Labute approximate surface area is 224 Å². The summed E-state index contributed by atoms with van der Waals surface area (Å²) in [4.78, 5) is 25.9. The van der Waals surface area contributed by atoms with E-state index >= 15 is 0 Å². The second-order valence-corrected chi connectivity index (χ2v) is 9.03. The van der Waals surface area contributed by atoms with E-state index in [-0.39, 0.29) is 11.0 Å². The first-order valence-electron chi connectivity index (χ1n) is 11.6. The maximum Gasteiger partial charge on any atom is 0.261 e. The number of ether oxygens (including phenoxy) is 2. The van der Waals surface area contributed by atoms with E-state index in [0.29, 0.717) is 41.5 Å². The van der Waals surface area contributed by atoms with Crippen molar-refractivity contribution in [3.8, 4) is 11.5 Å². The Kier molecular flexibility index (Phi) is 10.3. The van der Waals surface area contributed by atoms with Crippen LogP contribution >= 0.6 is 28.1 Å². The molecule has 0 fully saturated rings. The van der Waals surface area contributed by atoms with E-state index in [9.17, 15) is 9.59 Å². The Morgan fingerprint density at radius 1 is 0.889 bits per heavy atom. The fourth-order valence-corrected chi connectivity index (χ4v) is 3.81. The third kappa shape index (κ3) is 7.79. The van der Waals surface area contributed by atoms with Gasteiger partial charge in [0.05, 0.1) is 30.0 Å². The van der Waals surface area contributed by atoms with Crippen LogP contribution in [0.15, 0.2) is 71.2 Å². The van der Waals surface area contributed by atoms with Gasteiger partial charge in [-0.3, -0.25) is 14.9 Å². The summed E-state index contributed by atoms with van der Waals surface area (Å²) in [6, 6.07) is 19.2. The maximum absolute atomic E-state index is 13.0. The van der Waals surface area contributed by atoms with Gasteiger partial charge in [-0.1, -0.05) is 41.4 Å². The molecule has 0 heterocycles. The van der Waals surface area contributed by atoms with Gasteiger partial charge in [-0.2, -0.15) is 0 Å². The number of carbonyl (C=O) groups is 2. The highest BCUT2D eigenvalue weighted by Gasteiger charge is 2.17. The van der Waals surface area contributed by atoms with Gasteiger partial charge in [0.15, 0.2) is 5.11 Å². The number of unbranched alkanes of at least 4 members (excludes halogenated alkanes) is 1. The predicted molar refractivity (Wildman–Crippen MR) is 150 cm³/mol. The van der Waals surface area contributed by atoms with Gasteiger partial charge in [0.1, 0.15) is 11.5 Å². The van der Waals surface area contributed by atoms with Gasteiger partial charge in [-0.25, -0.2) is 0 Å². The Balaban J connectivity index is 1.68. The number of anilines is 2. The summed E-state index contributed by atoms with van der Waals surface area (Å²) in [5.74, 6) is 0.455. The number of hydrogen-bond acceptors (Lipinski definition) is 5. The van der Waals surface area contributed by atoms with Crippen LogP contribution in [-0.2, 0) is 0 Å². The number of para-hydroxylation sites is 1. The van der Waals surface area contributed by atoms with E-state index in [4.69, 9.17) is 21.7 Å². The molecule has 0 aromatic heterocycles. The first kappa shape index (κ1) is 27.2. The Morgan fingerprint density at radius 2 is 1.64 bits per heavy atom. The molecule has 0 aliphatic heterocycles. The highest BCUT2D eigenvalue weighted by molar-refractivity contribution is 9.10. The number of halogens is 1. The van der Waals surface area contributed by atoms with Crippen LogP contribution in [-0.4, -0.2) is 30.1 Å². The Morgan fingerprint density at radius 3 is 2.36 bits per heavy atom. The molecule has 3 aromatic carbocycles. The number of hydrogen-bond donors (Lipinski definition) is 3. The molecule has 0 unspecified atom stereocenters. The smallest absolute Gasteiger partial charge is 0.261 e. The van der Waals surface area contributed by atoms with E-state index in [1.54, 1.807) is 60.7 Å². The van der Waals surface area contributed by atoms with E-state index < -0.39 is 5.91 Å². The molecule has 9 heteroatoms. The Hall–Kier alpha value is -3.43. The van der Waals surface area contributed by atoms with Gasteiger partial charge in [-0.05, 0) is 80.2 Å². The minimum atomic E-state index is -0.420. The quantitative estimate of drug-likeness (QED) is 0.193. The molecular weight excluding hydrogens is 542 g/mol. The zero-order valence-corrected chi connectivity index (χ0v) is 22.5. The minimum absolute atomic E-state index is 0.0563. The second-order valence-electron chi connectivity index (χ2n) is 7.71. The molecule has 0 atom stereocenters. The van der Waals surface area contributed by atoms with Crippen molar-refractivity contribution in [2.75, 3.05) is 23.8 Å². The predicted octanol–water partition coefficient (Wildman–Crippen LogP) is 6.41. The third-order valence-electron chi connectivity index (χ3n) is 5.01. The molecule has 3 rings (SSSR count). The van der Waals surface area contributed by atoms with Gasteiger partial charge in [0.25, 0.3) is 11.8 Å². The van der Waals surface area contributed by atoms with Crippen LogP contribution in [0.4, 0.5) is 11.4 Å². The van der Waals surface area contributed by atoms with Crippen LogP contribution in [0.25, 0.3) is 0 Å². The summed E-state index contributed by atoms with van der Waals surface area (Å²) >= 11 is 8.76. The Bertz CT molecular complexity index is 1220. The molecule has 0 aliphatic rings. The summed E-state index contributed by atoms with van der Waals surface area (Å²) in [7, 11) is 0. The van der Waals surface area contributed by atoms with Crippen molar-refractivity contribution < 1.29 is 19.1 Å². The average Bonchev–Trinajstić information content (AvgIpc) is 2.86. The van der Waals surface area contributed by atoms with Crippen molar-refractivity contribution in [2.45, 2.75) is 26.7 Å². The average molecular weight is 571 g/mol. The fraction of sp³-hybridized carbons (Fsp3) is 0.222. The molecule has 0 aliphatic carbocycles. The van der Waals surface area contributed by atoms with Gasteiger partial charge < -0.3 is 20.1 Å².